The van der Waals surface area contributed by atoms with E-state index in [0.29, 0.717) is 16.3 Å². The smallest absolute Gasteiger partial charge is 0.325 e. The van der Waals surface area contributed by atoms with E-state index in [-0.39, 0.29) is 13.2 Å². The SMILES string of the molecule is COC(=O)Cn1c(=NC(=O)[C@H]2COc3ccccc3O2)sc2cc(C)c(C)cc21. The number of para-hydroxylation sites is 2. The van der Waals surface area contributed by atoms with Gasteiger partial charge in [0.05, 0.1) is 17.3 Å². The molecule has 0 spiro atoms. The quantitative estimate of drug-likeness (QED) is 0.618. The standard InChI is InChI=1S/C21H20N2O5S/c1-12-8-14-18(9-13(12)2)29-21(23(14)10-19(24)26-3)22-20(25)17-11-27-15-6-4-5-7-16(15)28-17/h4-9,17H,10-11H2,1-3H3/t17-/m1/s1. The number of fused-ring (bicyclic) bond motifs is 2. The minimum absolute atomic E-state index is 0.0318. The summed E-state index contributed by atoms with van der Waals surface area (Å²) in [5.74, 6) is 0.239. The van der Waals surface area contributed by atoms with Crippen LogP contribution in [0.15, 0.2) is 41.4 Å². The van der Waals surface area contributed by atoms with Crippen LogP contribution in [0.1, 0.15) is 11.1 Å². The molecule has 29 heavy (non-hydrogen) atoms. The normalized spacial score (nSPS) is 16.1. The zero-order valence-electron chi connectivity index (χ0n) is 16.3. The molecule has 2 heterocycles. The van der Waals surface area contributed by atoms with Crippen LogP contribution in [-0.4, -0.2) is 36.3 Å². The van der Waals surface area contributed by atoms with Gasteiger partial charge < -0.3 is 18.8 Å². The Morgan fingerprint density at radius 2 is 1.93 bits per heavy atom. The second kappa shape index (κ2) is 7.71. The Morgan fingerprint density at radius 1 is 1.21 bits per heavy atom. The van der Waals surface area contributed by atoms with E-state index in [1.807, 2.05) is 38.1 Å². The van der Waals surface area contributed by atoms with Crippen molar-refractivity contribution in [3.05, 3.63) is 52.3 Å². The maximum atomic E-state index is 12.8. The van der Waals surface area contributed by atoms with E-state index in [2.05, 4.69) is 4.99 Å². The lowest BCUT2D eigenvalue weighted by Crippen LogP contribution is -2.37. The lowest BCUT2D eigenvalue weighted by atomic mass is 10.1. The highest BCUT2D eigenvalue weighted by molar-refractivity contribution is 7.16. The van der Waals surface area contributed by atoms with Crippen LogP contribution in [-0.2, 0) is 20.9 Å². The number of methoxy groups -OCH3 is 1. The van der Waals surface area contributed by atoms with Gasteiger partial charge in [-0.3, -0.25) is 9.59 Å². The molecule has 1 amide bonds. The number of nitrogens with zero attached hydrogens (tertiary/aromatic N) is 2. The fourth-order valence-electron chi connectivity index (χ4n) is 3.06. The minimum Gasteiger partial charge on any atom is -0.485 e. The molecule has 1 aromatic heterocycles. The van der Waals surface area contributed by atoms with Crippen molar-refractivity contribution in [2.75, 3.05) is 13.7 Å². The van der Waals surface area contributed by atoms with Gasteiger partial charge in [-0.15, -0.1) is 0 Å². The molecular formula is C21H20N2O5S. The number of amides is 1. The highest BCUT2D eigenvalue weighted by atomic mass is 32.1. The molecule has 0 N–H and O–H groups in total. The Morgan fingerprint density at radius 3 is 2.69 bits per heavy atom. The maximum absolute atomic E-state index is 12.8. The first-order chi connectivity index (χ1) is 14.0. The van der Waals surface area contributed by atoms with Crippen molar-refractivity contribution in [3.63, 3.8) is 0 Å². The molecule has 0 radical (unpaired) electrons. The van der Waals surface area contributed by atoms with Gasteiger partial charge in [-0.25, -0.2) is 0 Å². The van der Waals surface area contributed by atoms with E-state index < -0.39 is 18.0 Å². The summed E-state index contributed by atoms with van der Waals surface area (Å²) < 4.78 is 18.8. The number of aryl methyl sites for hydroxylation is 2. The summed E-state index contributed by atoms with van der Waals surface area (Å²) in [5.41, 5.74) is 3.05. The van der Waals surface area contributed by atoms with Gasteiger partial charge in [0.25, 0.3) is 5.91 Å². The number of aromatic nitrogens is 1. The van der Waals surface area contributed by atoms with E-state index in [1.54, 1.807) is 16.7 Å². The van der Waals surface area contributed by atoms with E-state index >= 15 is 0 Å². The molecule has 1 aliphatic rings. The number of hydrogen-bond acceptors (Lipinski definition) is 6. The summed E-state index contributed by atoms with van der Waals surface area (Å²) in [6.07, 6.45) is -0.842. The van der Waals surface area contributed by atoms with Crippen molar-refractivity contribution in [1.29, 1.82) is 0 Å². The van der Waals surface area contributed by atoms with Crippen molar-refractivity contribution >= 4 is 33.4 Å². The van der Waals surface area contributed by atoms with Gasteiger partial charge in [-0.2, -0.15) is 4.99 Å². The number of thiazole rings is 1. The number of carbonyl (C=O) groups is 2. The Balaban J connectivity index is 1.74. The van der Waals surface area contributed by atoms with Crippen molar-refractivity contribution in [3.8, 4) is 11.5 Å². The Kier molecular flexibility index (Phi) is 5.10. The fraction of sp³-hybridized carbons (Fsp3) is 0.286. The van der Waals surface area contributed by atoms with Crippen LogP contribution in [0, 0.1) is 13.8 Å². The highest BCUT2D eigenvalue weighted by Crippen LogP contribution is 2.31. The highest BCUT2D eigenvalue weighted by Gasteiger charge is 2.27. The molecule has 0 saturated heterocycles. The van der Waals surface area contributed by atoms with Crippen molar-refractivity contribution in [2.24, 2.45) is 4.99 Å². The van der Waals surface area contributed by atoms with Gasteiger partial charge in [-0.05, 0) is 49.2 Å². The molecule has 2 aromatic carbocycles. The third kappa shape index (κ3) is 3.75. The average Bonchev–Trinajstić information content (AvgIpc) is 3.03. The van der Waals surface area contributed by atoms with E-state index in [9.17, 15) is 9.59 Å². The van der Waals surface area contributed by atoms with E-state index in [0.717, 1.165) is 21.3 Å². The van der Waals surface area contributed by atoms with Crippen molar-refractivity contribution in [1.82, 2.24) is 4.57 Å². The number of hydrogen-bond donors (Lipinski definition) is 0. The molecule has 0 fully saturated rings. The lowest BCUT2D eigenvalue weighted by Gasteiger charge is -2.23. The monoisotopic (exact) mass is 412 g/mol. The molecule has 7 nitrogen and oxygen atoms in total. The fourth-order valence-corrected chi connectivity index (χ4v) is 4.18. The van der Waals surface area contributed by atoms with Crippen LogP contribution in [0.5, 0.6) is 11.5 Å². The Labute approximate surface area is 171 Å². The summed E-state index contributed by atoms with van der Waals surface area (Å²) in [6.45, 7) is 4.07. The summed E-state index contributed by atoms with van der Waals surface area (Å²) in [7, 11) is 1.33. The predicted molar refractivity (Wildman–Crippen MR) is 108 cm³/mol. The van der Waals surface area contributed by atoms with Gasteiger partial charge in [0.2, 0.25) is 6.10 Å². The lowest BCUT2D eigenvalue weighted by molar-refractivity contribution is -0.141. The number of carbonyl (C=O) groups excluding carboxylic acids is 2. The van der Waals surface area contributed by atoms with E-state index in [4.69, 9.17) is 14.2 Å². The molecule has 0 unspecified atom stereocenters. The number of benzene rings is 2. The summed E-state index contributed by atoms with van der Waals surface area (Å²) in [4.78, 5) is 29.4. The van der Waals surface area contributed by atoms with Gasteiger partial charge in [-0.1, -0.05) is 23.5 Å². The largest absolute Gasteiger partial charge is 0.485 e. The number of esters is 1. The first-order valence-electron chi connectivity index (χ1n) is 9.10. The summed E-state index contributed by atoms with van der Waals surface area (Å²) in [5, 5.41) is 0. The summed E-state index contributed by atoms with van der Waals surface area (Å²) in [6, 6.07) is 11.2. The van der Waals surface area contributed by atoms with Crippen molar-refractivity contribution < 1.29 is 23.8 Å². The molecule has 4 rings (SSSR count). The van der Waals surface area contributed by atoms with Gasteiger partial charge in [0, 0.05) is 0 Å². The minimum atomic E-state index is -0.842. The molecule has 1 aliphatic heterocycles. The van der Waals surface area contributed by atoms with Crippen LogP contribution >= 0.6 is 11.3 Å². The van der Waals surface area contributed by atoms with Crippen molar-refractivity contribution in [2.45, 2.75) is 26.5 Å². The van der Waals surface area contributed by atoms with Crippen LogP contribution in [0.4, 0.5) is 0 Å². The topological polar surface area (TPSA) is 79.1 Å². The molecule has 1 atom stereocenters. The first kappa shape index (κ1) is 19.2. The molecule has 0 aliphatic carbocycles. The van der Waals surface area contributed by atoms with Gasteiger partial charge in [0.1, 0.15) is 13.2 Å². The third-order valence-corrected chi connectivity index (χ3v) is 5.84. The summed E-state index contributed by atoms with van der Waals surface area (Å²) >= 11 is 1.35. The van der Waals surface area contributed by atoms with Gasteiger partial charge >= 0.3 is 5.97 Å². The average molecular weight is 412 g/mol. The van der Waals surface area contributed by atoms with Gasteiger partial charge in [0.15, 0.2) is 16.3 Å². The third-order valence-electron chi connectivity index (χ3n) is 4.80. The second-order valence-corrected chi connectivity index (χ2v) is 7.77. The maximum Gasteiger partial charge on any atom is 0.325 e. The zero-order chi connectivity index (χ0) is 20.5. The molecule has 0 saturated carbocycles. The van der Waals surface area contributed by atoms with Crippen LogP contribution in [0.2, 0.25) is 0 Å². The Bertz CT molecular complexity index is 1180. The first-order valence-corrected chi connectivity index (χ1v) is 9.92. The number of rotatable bonds is 3. The van der Waals surface area contributed by atoms with Crippen LogP contribution in [0.3, 0.4) is 0 Å². The van der Waals surface area contributed by atoms with Crippen LogP contribution < -0.4 is 14.3 Å². The molecule has 150 valence electrons. The molecule has 8 heteroatoms. The van der Waals surface area contributed by atoms with Crippen LogP contribution in [0.25, 0.3) is 10.2 Å². The zero-order valence-corrected chi connectivity index (χ0v) is 17.1. The second-order valence-electron chi connectivity index (χ2n) is 6.77. The predicted octanol–water partition coefficient (Wildman–Crippen LogP) is 2.76. The molecular weight excluding hydrogens is 392 g/mol. The number of ether oxygens (including phenoxy) is 3. The molecule has 0 bridgehead atoms. The molecule has 3 aromatic rings. The van der Waals surface area contributed by atoms with E-state index in [1.165, 1.54) is 18.4 Å². The Hall–Kier alpha value is -3.13.